The Balaban J connectivity index is 2.15. The Morgan fingerprint density at radius 2 is 2.05 bits per heavy atom. The molecular formula is C14H11N3O3. The summed E-state index contributed by atoms with van der Waals surface area (Å²) in [5, 5.41) is 10.8. The highest BCUT2D eigenvalue weighted by Gasteiger charge is 2.11. The van der Waals surface area contributed by atoms with E-state index in [0.29, 0.717) is 17.1 Å². The number of pyridine rings is 1. The van der Waals surface area contributed by atoms with E-state index in [0.717, 1.165) is 5.65 Å². The van der Waals surface area contributed by atoms with Gasteiger partial charge in [-0.1, -0.05) is 18.2 Å². The summed E-state index contributed by atoms with van der Waals surface area (Å²) in [6.07, 6.45) is 1.80. The quantitative estimate of drug-likeness (QED) is 0.541. The molecule has 0 N–H and O–H groups in total. The fourth-order valence-electron chi connectivity index (χ4n) is 2.07. The zero-order chi connectivity index (χ0) is 14.1. The molecule has 0 aliphatic rings. The van der Waals surface area contributed by atoms with E-state index in [9.17, 15) is 10.1 Å². The largest absolute Gasteiger partial charge is 0.482 e. The Morgan fingerprint density at radius 1 is 1.25 bits per heavy atom. The molecular weight excluding hydrogens is 258 g/mol. The van der Waals surface area contributed by atoms with Crippen molar-refractivity contribution < 1.29 is 9.66 Å². The Morgan fingerprint density at radius 3 is 2.80 bits per heavy atom. The molecule has 6 nitrogen and oxygen atoms in total. The Hall–Kier alpha value is -2.89. The standard InChI is InChI=1S/C14H11N3O3/c1-20-14-7-3-6-13-15-12(9-16(13)14)10-4-2-5-11(8-10)17(18)19/h2-9H,1H3. The lowest BCUT2D eigenvalue weighted by Gasteiger charge is -2.01. The van der Waals surface area contributed by atoms with Gasteiger partial charge in [0.05, 0.1) is 17.7 Å². The third-order valence-electron chi connectivity index (χ3n) is 3.02. The molecule has 2 heterocycles. The second kappa shape index (κ2) is 4.65. The van der Waals surface area contributed by atoms with Crippen molar-refractivity contribution in [2.24, 2.45) is 0 Å². The van der Waals surface area contributed by atoms with Crippen molar-refractivity contribution in [3.8, 4) is 17.1 Å². The third-order valence-corrected chi connectivity index (χ3v) is 3.02. The molecule has 0 radical (unpaired) electrons. The van der Waals surface area contributed by atoms with E-state index in [1.807, 2.05) is 18.2 Å². The van der Waals surface area contributed by atoms with Gasteiger partial charge in [-0.15, -0.1) is 0 Å². The monoisotopic (exact) mass is 269 g/mol. The van der Waals surface area contributed by atoms with Gasteiger partial charge < -0.3 is 4.74 Å². The van der Waals surface area contributed by atoms with Crippen LogP contribution in [0.2, 0.25) is 0 Å². The lowest BCUT2D eigenvalue weighted by Crippen LogP contribution is -1.91. The summed E-state index contributed by atoms with van der Waals surface area (Å²) >= 11 is 0. The van der Waals surface area contributed by atoms with Crippen LogP contribution in [0.15, 0.2) is 48.7 Å². The van der Waals surface area contributed by atoms with Gasteiger partial charge in [0.25, 0.3) is 5.69 Å². The molecule has 0 aliphatic carbocycles. The first-order valence-electron chi connectivity index (χ1n) is 5.96. The van der Waals surface area contributed by atoms with Crippen molar-refractivity contribution in [2.75, 3.05) is 7.11 Å². The molecule has 2 aromatic heterocycles. The molecule has 0 saturated heterocycles. The van der Waals surface area contributed by atoms with Crippen LogP contribution >= 0.6 is 0 Å². The fourth-order valence-corrected chi connectivity index (χ4v) is 2.07. The van der Waals surface area contributed by atoms with Crippen molar-refractivity contribution in [3.05, 3.63) is 58.8 Å². The molecule has 0 atom stereocenters. The van der Waals surface area contributed by atoms with Crippen LogP contribution in [-0.4, -0.2) is 21.4 Å². The van der Waals surface area contributed by atoms with E-state index in [-0.39, 0.29) is 5.69 Å². The van der Waals surface area contributed by atoms with E-state index in [4.69, 9.17) is 4.74 Å². The molecule has 0 spiro atoms. The fraction of sp³-hybridized carbons (Fsp3) is 0.0714. The number of benzene rings is 1. The highest BCUT2D eigenvalue weighted by atomic mass is 16.6. The van der Waals surface area contributed by atoms with E-state index in [2.05, 4.69) is 4.98 Å². The highest BCUT2D eigenvalue weighted by Crippen LogP contribution is 2.25. The van der Waals surface area contributed by atoms with Crippen molar-refractivity contribution in [3.63, 3.8) is 0 Å². The van der Waals surface area contributed by atoms with E-state index in [1.165, 1.54) is 12.1 Å². The zero-order valence-corrected chi connectivity index (χ0v) is 10.7. The Bertz CT molecular complexity index is 795. The lowest BCUT2D eigenvalue weighted by molar-refractivity contribution is -0.384. The number of fused-ring (bicyclic) bond motifs is 1. The van der Waals surface area contributed by atoms with Gasteiger partial charge in [-0.05, 0) is 12.1 Å². The first kappa shape index (κ1) is 12.2. The number of aromatic nitrogens is 2. The number of imidazole rings is 1. The van der Waals surface area contributed by atoms with Crippen LogP contribution in [0.3, 0.4) is 0 Å². The Kier molecular flexibility index (Phi) is 2.83. The molecule has 20 heavy (non-hydrogen) atoms. The number of non-ortho nitro benzene ring substituents is 1. The van der Waals surface area contributed by atoms with Gasteiger partial charge in [-0.2, -0.15) is 0 Å². The van der Waals surface area contributed by atoms with Crippen LogP contribution in [0, 0.1) is 10.1 Å². The molecule has 0 fully saturated rings. The van der Waals surface area contributed by atoms with Crippen LogP contribution in [0.5, 0.6) is 5.88 Å². The number of hydrogen-bond donors (Lipinski definition) is 0. The molecule has 0 saturated carbocycles. The Labute approximate surface area is 114 Å². The summed E-state index contributed by atoms with van der Waals surface area (Å²) in [7, 11) is 1.59. The van der Waals surface area contributed by atoms with Crippen molar-refractivity contribution >= 4 is 11.3 Å². The molecule has 0 bridgehead atoms. The minimum absolute atomic E-state index is 0.0477. The van der Waals surface area contributed by atoms with Gasteiger partial charge in [-0.25, -0.2) is 4.98 Å². The highest BCUT2D eigenvalue weighted by molar-refractivity contribution is 5.65. The van der Waals surface area contributed by atoms with E-state index in [1.54, 1.807) is 29.8 Å². The van der Waals surface area contributed by atoms with Gasteiger partial charge in [-0.3, -0.25) is 14.5 Å². The maximum Gasteiger partial charge on any atom is 0.270 e. The predicted octanol–water partition coefficient (Wildman–Crippen LogP) is 2.92. The summed E-state index contributed by atoms with van der Waals surface area (Å²) < 4.78 is 7.05. The number of rotatable bonds is 3. The summed E-state index contributed by atoms with van der Waals surface area (Å²) in [5.41, 5.74) is 2.14. The number of nitro benzene ring substituents is 1. The zero-order valence-electron chi connectivity index (χ0n) is 10.7. The molecule has 0 amide bonds. The van der Waals surface area contributed by atoms with Gasteiger partial charge in [0.15, 0.2) is 5.88 Å². The van der Waals surface area contributed by atoms with Gasteiger partial charge in [0, 0.05) is 23.9 Å². The van der Waals surface area contributed by atoms with Crippen LogP contribution in [0.25, 0.3) is 16.9 Å². The predicted molar refractivity (Wildman–Crippen MR) is 73.8 cm³/mol. The molecule has 0 aliphatic heterocycles. The number of methoxy groups -OCH3 is 1. The number of ether oxygens (including phenoxy) is 1. The summed E-state index contributed by atoms with van der Waals surface area (Å²) in [5.74, 6) is 0.659. The molecule has 3 aromatic rings. The van der Waals surface area contributed by atoms with Crippen LogP contribution in [-0.2, 0) is 0 Å². The van der Waals surface area contributed by atoms with Crippen molar-refractivity contribution in [2.45, 2.75) is 0 Å². The number of hydrogen-bond acceptors (Lipinski definition) is 4. The average molecular weight is 269 g/mol. The van der Waals surface area contributed by atoms with Crippen molar-refractivity contribution in [1.82, 2.24) is 9.38 Å². The first-order valence-corrected chi connectivity index (χ1v) is 5.96. The maximum atomic E-state index is 10.8. The normalized spacial score (nSPS) is 10.7. The molecule has 3 rings (SSSR count). The minimum Gasteiger partial charge on any atom is -0.482 e. The SMILES string of the molecule is COc1cccc2nc(-c3cccc([N+](=O)[O-])c3)cn12. The van der Waals surface area contributed by atoms with Gasteiger partial charge in [0.2, 0.25) is 0 Å². The smallest absolute Gasteiger partial charge is 0.270 e. The second-order valence-corrected chi connectivity index (χ2v) is 4.23. The molecule has 6 heteroatoms. The second-order valence-electron chi connectivity index (χ2n) is 4.23. The van der Waals surface area contributed by atoms with Gasteiger partial charge in [0.1, 0.15) is 5.65 Å². The van der Waals surface area contributed by atoms with Crippen molar-refractivity contribution in [1.29, 1.82) is 0 Å². The number of nitro groups is 1. The summed E-state index contributed by atoms with van der Waals surface area (Å²) in [4.78, 5) is 14.9. The average Bonchev–Trinajstić information content (AvgIpc) is 2.91. The minimum atomic E-state index is -0.417. The third kappa shape index (κ3) is 1.97. The molecule has 1 aromatic carbocycles. The van der Waals surface area contributed by atoms with Crippen LogP contribution in [0.1, 0.15) is 0 Å². The summed E-state index contributed by atoms with van der Waals surface area (Å²) in [6, 6.07) is 11.9. The molecule has 0 unspecified atom stereocenters. The number of nitrogens with zero attached hydrogens (tertiary/aromatic N) is 3. The van der Waals surface area contributed by atoms with Gasteiger partial charge >= 0.3 is 0 Å². The first-order chi connectivity index (χ1) is 9.69. The topological polar surface area (TPSA) is 69.7 Å². The van der Waals surface area contributed by atoms with Crippen LogP contribution < -0.4 is 4.74 Å². The van der Waals surface area contributed by atoms with E-state index >= 15 is 0 Å². The summed E-state index contributed by atoms with van der Waals surface area (Å²) in [6.45, 7) is 0. The molecule has 100 valence electrons. The maximum absolute atomic E-state index is 10.8. The van der Waals surface area contributed by atoms with Crippen LogP contribution in [0.4, 0.5) is 5.69 Å². The van der Waals surface area contributed by atoms with E-state index < -0.39 is 4.92 Å². The lowest BCUT2D eigenvalue weighted by atomic mass is 10.1.